The zero-order valence-corrected chi connectivity index (χ0v) is 7.55. The van der Waals surface area contributed by atoms with Crippen LogP contribution < -0.4 is 5.73 Å². The van der Waals surface area contributed by atoms with E-state index in [-0.39, 0.29) is 11.3 Å². The van der Waals surface area contributed by atoms with Crippen LogP contribution in [-0.4, -0.2) is 0 Å². The van der Waals surface area contributed by atoms with Gasteiger partial charge >= 0.3 is 6.18 Å². The highest BCUT2D eigenvalue weighted by Crippen LogP contribution is 2.31. The number of nitrogens with zero attached hydrogens (tertiary/aromatic N) is 1. The summed E-state index contributed by atoms with van der Waals surface area (Å²) < 4.78 is 36.9. The fourth-order valence-corrected chi connectivity index (χ4v) is 1.02. The number of nitrogen functional groups attached to an aromatic ring is 1. The summed E-state index contributed by atoms with van der Waals surface area (Å²) >= 11 is 0. The molecule has 0 heterocycles. The Morgan fingerprint density at radius 1 is 1.33 bits per heavy atom. The molecule has 0 amide bonds. The summed E-state index contributed by atoms with van der Waals surface area (Å²) in [5.41, 5.74) is 5.05. The molecule has 0 radical (unpaired) electrons. The van der Waals surface area contributed by atoms with Crippen LogP contribution in [0.15, 0.2) is 24.3 Å². The van der Waals surface area contributed by atoms with E-state index in [1.807, 2.05) is 0 Å². The first-order valence-electron chi connectivity index (χ1n) is 3.98. The number of nitriles is 1. The van der Waals surface area contributed by atoms with E-state index in [4.69, 9.17) is 11.0 Å². The number of allylic oxidation sites excluding steroid dienone is 1. The van der Waals surface area contributed by atoms with E-state index >= 15 is 0 Å². The van der Waals surface area contributed by atoms with Gasteiger partial charge in [-0.2, -0.15) is 18.4 Å². The van der Waals surface area contributed by atoms with Crippen LogP contribution in [0.5, 0.6) is 0 Å². The van der Waals surface area contributed by atoms with Gasteiger partial charge in [0.05, 0.1) is 11.6 Å². The molecule has 0 atom stereocenters. The highest BCUT2D eigenvalue weighted by molar-refractivity contribution is 5.66. The first-order chi connectivity index (χ1) is 6.95. The van der Waals surface area contributed by atoms with Gasteiger partial charge in [-0.15, -0.1) is 0 Å². The quantitative estimate of drug-likeness (QED) is 0.574. The topological polar surface area (TPSA) is 49.8 Å². The molecular formula is C10H7F3N2. The Balaban J connectivity index is 3.18. The molecule has 1 aromatic carbocycles. The fourth-order valence-electron chi connectivity index (χ4n) is 1.02. The lowest BCUT2D eigenvalue weighted by Gasteiger charge is -2.08. The molecule has 78 valence electrons. The van der Waals surface area contributed by atoms with Gasteiger partial charge in [-0.1, -0.05) is 0 Å². The summed E-state index contributed by atoms with van der Waals surface area (Å²) in [5, 5.41) is 8.25. The minimum absolute atomic E-state index is 0.186. The van der Waals surface area contributed by atoms with E-state index < -0.39 is 11.7 Å². The third kappa shape index (κ3) is 2.74. The Morgan fingerprint density at radius 3 is 2.53 bits per heavy atom. The number of rotatable bonds is 1. The first-order valence-corrected chi connectivity index (χ1v) is 3.98. The molecule has 2 nitrogen and oxygen atoms in total. The van der Waals surface area contributed by atoms with Crippen molar-refractivity contribution in [1.82, 2.24) is 0 Å². The summed E-state index contributed by atoms with van der Waals surface area (Å²) in [5.74, 6) is 0. The van der Waals surface area contributed by atoms with Crippen molar-refractivity contribution < 1.29 is 13.2 Å². The number of hydrogen-bond donors (Lipinski definition) is 1. The lowest BCUT2D eigenvalue weighted by Crippen LogP contribution is -2.05. The Labute approximate surface area is 84.4 Å². The molecule has 0 bridgehead atoms. The predicted octanol–water partition coefficient (Wildman–Crippen LogP) is 2.82. The maximum absolute atomic E-state index is 12.3. The molecule has 0 unspecified atom stereocenters. The minimum Gasteiger partial charge on any atom is -0.398 e. The smallest absolute Gasteiger partial charge is 0.398 e. The van der Waals surface area contributed by atoms with Gasteiger partial charge in [0.25, 0.3) is 0 Å². The van der Waals surface area contributed by atoms with Crippen LogP contribution in [0.3, 0.4) is 0 Å². The molecule has 0 spiro atoms. The van der Waals surface area contributed by atoms with Crippen molar-refractivity contribution in [2.24, 2.45) is 0 Å². The number of anilines is 1. The zero-order valence-electron chi connectivity index (χ0n) is 7.55. The van der Waals surface area contributed by atoms with Gasteiger partial charge in [-0.3, -0.25) is 0 Å². The highest BCUT2D eigenvalue weighted by atomic mass is 19.4. The van der Waals surface area contributed by atoms with Crippen LogP contribution in [0.4, 0.5) is 18.9 Å². The van der Waals surface area contributed by atoms with Crippen molar-refractivity contribution in [3.8, 4) is 6.07 Å². The second kappa shape index (κ2) is 4.05. The van der Waals surface area contributed by atoms with Crippen molar-refractivity contribution in [2.45, 2.75) is 6.18 Å². The third-order valence-electron chi connectivity index (χ3n) is 1.75. The number of hydrogen-bond acceptors (Lipinski definition) is 2. The van der Waals surface area contributed by atoms with Gasteiger partial charge in [-0.25, -0.2) is 0 Å². The molecule has 15 heavy (non-hydrogen) atoms. The number of benzene rings is 1. The van der Waals surface area contributed by atoms with Crippen molar-refractivity contribution in [3.63, 3.8) is 0 Å². The third-order valence-corrected chi connectivity index (χ3v) is 1.75. The van der Waals surface area contributed by atoms with Crippen LogP contribution >= 0.6 is 0 Å². The first kappa shape index (κ1) is 11.1. The van der Waals surface area contributed by atoms with Crippen LogP contribution in [0, 0.1) is 11.3 Å². The summed E-state index contributed by atoms with van der Waals surface area (Å²) in [6.45, 7) is 0. The SMILES string of the molecule is N#CC=Cc1cc(C(F)(F)F)ccc1N. The molecule has 0 aliphatic carbocycles. The van der Waals surface area contributed by atoms with Crippen molar-refractivity contribution in [2.75, 3.05) is 5.73 Å². The van der Waals surface area contributed by atoms with Gasteiger partial charge in [0.15, 0.2) is 0 Å². The van der Waals surface area contributed by atoms with E-state index in [0.29, 0.717) is 0 Å². The highest BCUT2D eigenvalue weighted by Gasteiger charge is 2.30. The van der Waals surface area contributed by atoms with Crippen molar-refractivity contribution in [1.29, 1.82) is 5.26 Å². The number of halogens is 3. The summed E-state index contributed by atoms with van der Waals surface area (Å²) in [6, 6.07) is 4.66. The van der Waals surface area contributed by atoms with Gasteiger partial charge in [0.1, 0.15) is 0 Å². The summed E-state index contributed by atoms with van der Waals surface area (Å²) in [6.07, 6.45) is -2.08. The molecule has 2 N–H and O–H groups in total. The van der Waals surface area contributed by atoms with Gasteiger partial charge < -0.3 is 5.73 Å². The summed E-state index contributed by atoms with van der Waals surface area (Å²) in [7, 11) is 0. The molecule has 1 rings (SSSR count). The molecule has 0 aliphatic heterocycles. The fraction of sp³-hybridized carbons (Fsp3) is 0.100. The maximum atomic E-state index is 12.3. The second-order valence-electron chi connectivity index (χ2n) is 2.80. The molecule has 1 aromatic rings. The Morgan fingerprint density at radius 2 is 2.00 bits per heavy atom. The van der Waals surface area contributed by atoms with Crippen molar-refractivity contribution >= 4 is 11.8 Å². The molecule has 0 fully saturated rings. The van der Waals surface area contributed by atoms with E-state index in [2.05, 4.69) is 0 Å². The van der Waals surface area contributed by atoms with Gasteiger partial charge in [0, 0.05) is 11.8 Å². The molecule has 0 saturated heterocycles. The largest absolute Gasteiger partial charge is 0.416 e. The number of nitrogens with two attached hydrogens (primary N) is 1. The normalized spacial score (nSPS) is 11.6. The molecule has 0 aromatic heterocycles. The Kier molecular flexibility index (Phi) is 3.00. The van der Waals surface area contributed by atoms with E-state index in [9.17, 15) is 13.2 Å². The standard InChI is InChI=1S/C10H7F3N2/c11-10(12,13)8-3-4-9(15)7(6-8)2-1-5-14/h1-4,6H,15H2. The molecular weight excluding hydrogens is 205 g/mol. The molecule has 0 saturated carbocycles. The van der Waals surface area contributed by atoms with Crippen LogP contribution in [0.1, 0.15) is 11.1 Å². The predicted molar refractivity (Wildman–Crippen MR) is 50.5 cm³/mol. The van der Waals surface area contributed by atoms with E-state index in [1.54, 1.807) is 6.07 Å². The van der Waals surface area contributed by atoms with E-state index in [1.165, 1.54) is 12.1 Å². The average Bonchev–Trinajstić information content (AvgIpc) is 2.15. The lowest BCUT2D eigenvalue weighted by molar-refractivity contribution is -0.137. The Hall–Kier alpha value is -1.96. The molecule has 5 heteroatoms. The zero-order chi connectivity index (χ0) is 11.5. The second-order valence-corrected chi connectivity index (χ2v) is 2.80. The number of alkyl halides is 3. The van der Waals surface area contributed by atoms with Crippen LogP contribution in [-0.2, 0) is 6.18 Å². The van der Waals surface area contributed by atoms with E-state index in [0.717, 1.165) is 18.2 Å². The van der Waals surface area contributed by atoms with Crippen LogP contribution in [0.2, 0.25) is 0 Å². The monoisotopic (exact) mass is 212 g/mol. The molecule has 0 aliphatic rings. The minimum atomic E-state index is -4.40. The van der Waals surface area contributed by atoms with Gasteiger partial charge in [0.2, 0.25) is 0 Å². The lowest BCUT2D eigenvalue weighted by atomic mass is 10.1. The Bertz CT molecular complexity index is 427. The van der Waals surface area contributed by atoms with Crippen molar-refractivity contribution in [3.05, 3.63) is 35.4 Å². The maximum Gasteiger partial charge on any atom is 0.416 e. The van der Waals surface area contributed by atoms with Gasteiger partial charge in [-0.05, 0) is 29.8 Å². The summed E-state index contributed by atoms with van der Waals surface area (Å²) in [4.78, 5) is 0. The van der Waals surface area contributed by atoms with Crippen LogP contribution in [0.25, 0.3) is 6.08 Å². The average molecular weight is 212 g/mol.